The maximum Gasteiger partial charge on any atom is 0.149 e. The van der Waals surface area contributed by atoms with Crippen molar-refractivity contribution in [2.24, 2.45) is 0 Å². The Kier molecular flexibility index (Phi) is 6.47. The minimum Gasteiger partial charge on any atom is -0.479 e. The molecule has 0 saturated heterocycles. The first-order valence-corrected chi connectivity index (χ1v) is 8.86. The first kappa shape index (κ1) is 17.8. The van der Waals surface area contributed by atoms with Crippen molar-refractivity contribution in [1.82, 2.24) is 0 Å². The van der Waals surface area contributed by atoms with Crippen molar-refractivity contribution in [2.75, 3.05) is 6.61 Å². The van der Waals surface area contributed by atoms with Gasteiger partial charge in [-0.2, -0.15) is 5.26 Å². The molecule has 0 atom stereocenters. The maximum atomic E-state index is 9.42. The molecule has 0 saturated carbocycles. The number of allylic oxidation sites excluding steroid dienone is 1. The molecule has 23 heavy (non-hydrogen) atoms. The first-order chi connectivity index (χ1) is 11.0. The van der Waals surface area contributed by atoms with Crippen molar-refractivity contribution < 1.29 is 4.74 Å². The number of benzene rings is 2. The molecule has 0 radical (unpaired) electrons. The third kappa shape index (κ3) is 4.72. The van der Waals surface area contributed by atoms with Crippen LogP contribution in [0.4, 0.5) is 0 Å². The summed E-state index contributed by atoms with van der Waals surface area (Å²) < 4.78 is 7.98. The number of hydrogen-bond donors (Lipinski definition) is 0. The quantitative estimate of drug-likeness (QED) is 0.294. The summed E-state index contributed by atoms with van der Waals surface area (Å²) in [7, 11) is 0. The predicted octanol–water partition coefficient (Wildman–Crippen LogP) is 6.05. The van der Waals surface area contributed by atoms with Gasteiger partial charge in [-0.15, -0.1) is 6.42 Å². The first-order valence-electron chi connectivity index (χ1n) is 6.48. The van der Waals surface area contributed by atoms with Crippen LogP contribution in [0.1, 0.15) is 11.1 Å². The molecule has 0 spiro atoms. The van der Waals surface area contributed by atoms with E-state index in [-0.39, 0.29) is 6.61 Å². The van der Waals surface area contributed by atoms with E-state index in [4.69, 9.17) is 11.2 Å². The molecule has 0 bridgehead atoms. The Balaban J connectivity index is 2.39. The summed E-state index contributed by atoms with van der Waals surface area (Å²) in [6.45, 7) is 0.189. The van der Waals surface area contributed by atoms with E-state index in [0.29, 0.717) is 11.3 Å². The van der Waals surface area contributed by atoms with E-state index >= 15 is 0 Å². The molecule has 114 valence electrons. The number of hydrogen-bond acceptors (Lipinski definition) is 2. The lowest BCUT2D eigenvalue weighted by atomic mass is 10.0. The number of ether oxygens (including phenoxy) is 1. The monoisotopic (exact) mass is 493 g/mol. The van der Waals surface area contributed by atoms with Gasteiger partial charge in [0, 0.05) is 4.47 Å². The van der Waals surface area contributed by atoms with E-state index in [1.54, 1.807) is 0 Å². The zero-order valence-electron chi connectivity index (χ0n) is 11.8. The van der Waals surface area contributed by atoms with Gasteiger partial charge in [-0.25, -0.2) is 0 Å². The number of terminal acetylenes is 1. The summed E-state index contributed by atoms with van der Waals surface area (Å²) >= 11 is 10.3. The summed E-state index contributed by atoms with van der Waals surface area (Å²) in [5, 5.41) is 9.42. The lowest BCUT2D eigenvalue weighted by Gasteiger charge is -2.09. The molecular weight excluding hydrogens is 486 g/mol. The molecule has 0 aliphatic carbocycles. The van der Waals surface area contributed by atoms with Crippen LogP contribution in [0.25, 0.3) is 11.6 Å². The van der Waals surface area contributed by atoms with E-state index in [9.17, 15) is 5.26 Å². The Labute approximate surface area is 160 Å². The van der Waals surface area contributed by atoms with E-state index in [0.717, 1.165) is 24.5 Å². The second-order valence-electron chi connectivity index (χ2n) is 4.48. The van der Waals surface area contributed by atoms with Crippen molar-refractivity contribution in [1.29, 1.82) is 5.26 Å². The zero-order valence-corrected chi connectivity index (χ0v) is 16.6. The molecule has 0 fully saturated rings. The third-order valence-electron chi connectivity index (χ3n) is 2.91. The van der Waals surface area contributed by atoms with Gasteiger partial charge in [0.1, 0.15) is 12.4 Å². The van der Waals surface area contributed by atoms with Crippen LogP contribution in [0.15, 0.2) is 49.8 Å². The van der Waals surface area contributed by atoms with Gasteiger partial charge in [0.15, 0.2) is 0 Å². The molecule has 0 heterocycles. The smallest absolute Gasteiger partial charge is 0.149 e. The Morgan fingerprint density at radius 1 is 1.13 bits per heavy atom. The van der Waals surface area contributed by atoms with E-state index < -0.39 is 0 Å². The molecule has 0 N–H and O–H groups in total. The average Bonchev–Trinajstić information content (AvgIpc) is 2.53. The number of halogens is 3. The minimum atomic E-state index is 0.189. The van der Waals surface area contributed by atoms with Crippen LogP contribution in [0, 0.1) is 23.7 Å². The molecule has 2 rings (SSSR count). The molecule has 0 aromatic heterocycles. The fourth-order valence-electron chi connectivity index (χ4n) is 1.89. The summed E-state index contributed by atoms with van der Waals surface area (Å²) in [6, 6.07) is 13.6. The molecule has 0 aliphatic heterocycles. The molecule has 2 aromatic carbocycles. The Bertz CT molecular complexity index is 804. The lowest BCUT2D eigenvalue weighted by molar-refractivity contribution is 0.365. The highest BCUT2D eigenvalue weighted by Crippen LogP contribution is 2.35. The highest BCUT2D eigenvalue weighted by molar-refractivity contribution is 9.11. The van der Waals surface area contributed by atoms with Gasteiger partial charge in [0.25, 0.3) is 0 Å². The average molecular weight is 496 g/mol. The summed E-state index contributed by atoms with van der Waals surface area (Å²) in [6.07, 6.45) is 7.03. The molecule has 0 unspecified atom stereocenters. The van der Waals surface area contributed by atoms with Gasteiger partial charge < -0.3 is 4.74 Å². The highest BCUT2D eigenvalue weighted by atomic mass is 79.9. The zero-order chi connectivity index (χ0) is 16.8. The highest BCUT2D eigenvalue weighted by Gasteiger charge is 2.09. The van der Waals surface area contributed by atoms with Gasteiger partial charge in [0.2, 0.25) is 0 Å². The fraction of sp³-hybridized carbons (Fsp3) is 0.0556. The SMILES string of the molecule is C#CCOc1c(Br)cc(/C=C(\C#N)c2ccc(Br)cc2)cc1Br. The van der Waals surface area contributed by atoms with Gasteiger partial charge in [-0.1, -0.05) is 34.0 Å². The molecule has 0 amide bonds. The molecule has 2 aromatic rings. The number of nitriles is 1. The molecule has 2 nitrogen and oxygen atoms in total. The minimum absolute atomic E-state index is 0.189. The van der Waals surface area contributed by atoms with Crippen molar-refractivity contribution in [3.63, 3.8) is 0 Å². The van der Waals surface area contributed by atoms with Crippen molar-refractivity contribution in [2.45, 2.75) is 0 Å². The second kappa shape index (κ2) is 8.36. The predicted molar refractivity (Wildman–Crippen MR) is 104 cm³/mol. The number of nitrogens with zero attached hydrogens (tertiary/aromatic N) is 1. The summed E-state index contributed by atoms with van der Waals surface area (Å²) in [5.74, 6) is 3.07. The van der Waals surface area contributed by atoms with E-state index in [1.807, 2.05) is 42.5 Å². The third-order valence-corrected chi connectivity index (χ3v) is 4.61. The van der Waals surface area contributed by atoms with Crippen LogP contribution in [0.5, 0.6) is 5.75 Å². The Hall–Kier alpha value is -1.53. The molecule has 0 aliphatic rings. The fourth-order valence-corrected chi connectivity index (χ4v) is 3.61. The summed E-state index contributed by atoms with van der Waals surface area (Å²) in [4.78, 5) is 0. The van der Waals surface area contributed by atoms with E-state index in [1.165, 1.54) is 0 Å². The van der Waals surface area contributed by atoms with Gasteiger partial charge in [0.05, 0.1) is 20.6 Å². The van der Waals surface area contributed by atoms with Crippen LogP contribution in [0.3, 0.4) is 0 Å². The van der Waals surface area contributed by atoms with Crippen LogP contribution in [-0.2, 0) is 0 Å². The topological polar surface area (TPSA) is 33.0 Å². The standard InChI is InChI=1S/C18H10Br3NO/c1-2-7-23-18-16(20)9-12(10-17(18)21)8-14(11-22)13-3-5-15(19)6-4-13/h1,3-6,8-10H,7H2/b14-8+. The normalized spacial score (nSPS) is 10.7. The number of rotatable bonds is 4. The van der Waals surface area contributed by atoms with Crippen LogP contribution < -0.4 is 4.74 Å². The largest absolute Gasteiger partial charge is 0.479 e. The maximum absolute atomic E-state index is 9.42. The van der Waals surface area contributed by atoms with Crippen LogP contribution >= 0.6 is 47.8 Å². The second-order valence-corrected chi connectivity index (χ2v) is 7.11. The lowest BCUT2D eigenvalue weighted by Crippen LogP contribution is -1.95. The van der Waals surface area contributed by atoms with Crippen LogP contribution in [-0.4, -0.2) is 6.61 Å². The Morgan fingerprint density at radius 2 is 1.74 bits per heavy atom. The summed E-state index contributed by atoms with van der Waals surface area (Å²) in [5.41, 5.74) is 2.31. The van der Waals surface area contributed by atoms with Gasteiger partial charge in [-0.05, 0) is 73.3 Å². The van der Waals surface area contributed by atoms with Crippen molar-refractivity contribution in [3.05, 3.63) is 60.9 Å². The van der Waals surface area contributed by atoms with Crippen molar-refractivity contribution >= 4 is 59.4 Å². The molecular formula is C18H10Br3NO. The molecule has 5 heteroatoms. The van der Waals surface area contributed by atoms with Crippen molar-refractivity contribution in [3.8, 4) is 24.2 Å². The Morgan fingerprint density at radius 3 is 2.26 bits per heavy atom. The van der Waals surface area contributed by atoms with E-state index in [2.05, 4.69) is 59.8 Å². The van der Waals surface area contributed by atoms with Crippen LogP contribution in [0.2, 0.25) is 0 Å². The van der Waals surface area contributed by atoms with Gasteiger partial charge in [-0.3, -0.25) is 0 Å². The van der Waals surface area contributed by atoms with Gasteiger partial charge >= 0.3 is 0 Å².